The van der Waals surface area contributed by atoms with Crippen LogP contribution in [0, 0.1) is 0 Å². The number of halogens is 1. The van der Waals surface area contributed by atoms with Crippen LogP contribution in [0.1, 0.15) is 26.2 Å². The van der Waals surface area contributed by atoms with Crippen LogP contribution in [0.25, 0.3) is 0 Å². The maximum absolute atomic E-state index is 9.77. The lowest BCUT2D eigenvalue weighted by molar-refractivity contribution is 0.290. The molecule has 0 aliphatic carbocycles. The van der Waals surface area contributed by atoms with Crippen LogP contribution >= 0.6 is 20.3 Å². The van der Waals surface area contributed by atoms with E-state index in [0.717, 1.165) is 19.3 Å². The minimum atomic E-state index is -0.385. The summed E-state index contributed by atoms with van der Waals surface area (Å²) in [5, 5.41) is 0. The van der Waals surface area contributed by atoms with Crippen LogP contribution in [0.15, 0.2) is 0 Å². The first-order valence-electron chi connectivity index (χ1n) is 2.93. The van der Waals surface area contributed by atoms with E-state index in [1.165, 1.54) is 0 Å². The second-order valence-electron chi connectivity index (χ2n) is 1.73. The van der Waals surface area contributed by atoms with E-state index in [1.54, 1.807) is 0 Å². The van der Waals surface area contributed by atoms with Crippen molar-refractivity contribution >= 4 is 20.3 Å². The first-order valence-corrected chi connectivity index (χ1v) is 4.10. The van der Waals surface area contributed by atoms with Crippen LogP contribution in [-0.2, 0) is 9.09 Å². The van der Waals surface area contributed by atoms with Crippen molar-refractivity contribution in [3.63, 3.8) is 0 Å². The highest BCUT2D eigenvalue weighted by Crippen LogP contribution is 2.13. The van der Waals surface area contributed by atoms with E-state index in [4.69, 9.17) is 11.6 Å². The molecule has 0 heterocycles. The number of unbranched alkanes of at least 4 members (excludes halogenated alkanes) is 1. The molecule has 0 N–H and O–H groups in total. The molecule has 0 bridgehead atoms. The molecular weight excluding hydrogens is 158 g/mol. The van der Waals surface area contributed by atoms with E-state index in [1.807, 2.05) is 0 Å². The maximum Gasteiger partial charge on any atom is 0.328 e. The van der Waals surface area contributed by atoms with Gasteiger partial charge >= 0.3 is 8.69 Å². The van der Waals surface area contributed by atoms with Crippen molar-refractivity contribution in [3.8, 4) is 0 Å². The van der Waals surface area contributed by atoms with Crippen molar-refractivity contribution in [2.45, 2.75) is 31.7 Å². The van der Waals surface area contributed by atoms with E-state index in [9.17, 15) is 4.57 Å². The Balaban J connectivity index is 3.04. The summed E-state index contributed by atoms with van der Waals surface area (Å²) < 4.78 is 14.3. The summed E-state index contributed by atoms with van der Waals surface area (Å²) in [6.07, 6.45) is 2.87. The summed E-state index contributed by atoms with van der Waals surface area (Å²) >= 11 is 5.53. The molecule has 0 spiro atoms. The van der Waals surface area contributed by atoms with Crippen LogP contribution in [0.3, 0.4) is 0 Å². The lowest BCUT2D eigenvalue weighted by Crippen LogP contribution is -1.95. The first-order chi connectivity index (χ1) is 4.31. The van der Waals surface area contributed by atoms with Gasteiger partial charge in [0.25, 0.3) is 0 Å². The summed E-state index contributed by atoms with van der Waals surface area (Å²) in [5.74, 6) is 0. The highest BCUT2D eigenvalue weighted by molar-refractivity contribution is 7.17. The minimum absolute atomic E-state index is 0.327. The van der Waals surface area contributed by atoms with Crippen molar-refractivity contribution in [1.82, 2.24) is 0 Å². The maximum atomic E-state index is 9.77. The highest BCUT2D eigenvalue weighted by Gasteiger charge is 2.01. The zero-order valence-electron chi connectivity index (χ0n) is 5.34. The Morgan fingerprint density at radius 1 is 1.78 bits per heavy atom. The molecule has 0 aromatic rings. The molecule has 0 aliphatic rings. The lowest BCUT2D eigenvalue weighted by atomic mass is 10.3. The van der Waals surface area contributed by atoms with Crippen LogP contribution < -0.4 is 0 Å². The fourth-order valence-electron chi connectivity index (χ4n) is 0.464. The van der Waals surface area contributed by atoms with Gasteiger partial charge in [-0.15, -0.1) is 0 Å². The van der Waals surface area contributed by atoms with Gasteiger partial charge in [0, 0.05) is 0 Å². The molecule has 1 unspecified atom stereocenters. The fourth-order valence-corrected chi connectivity index (χ4v) is 0.915. The Morgan fingerprint density at radius 3 is 2.89 bits per heavy atom. The van der Waals surface area contributed by atoms with Gasteiger partial charge in [0.1, 0.15) is 5.56 Å². The van der Waals surface area contributed by atoms with E-state index >= 15 is 0 Å². The molecule has 0 amide bonds. The Bertz CT molecular complexity index is 79.4. The fraction of sp³-hybridized carbons (Fsp3) is 1.00. The molecule has 0 aliphatic heterocycles. The number of hydrogen-bond donors (Lipinski definition) is 0. The standard InChI is InChI=1S/C5H10ClO2P/c1-2-3-4-5(6)8-9-7/h5H,2-4H2,1H3. The molecule has 2 nitrogen and oxygen atoms in total. The second kappa shape index (κ2) is 6.47. The molecule has 0 aromatic carbocycles. The topological polar surface area (TPSA) is 26.3 Å². The molecule has 0 saturated carbocycles. The predicted molar refractivity (Wildman–Crippen MR) is 37.9 cm³/mol. The van der Waals surface area contributed by atoms with E-state index in [0.29, 0.717) is 0 Å². The SMILES string of the molecule is CCCCC(Cl)OP=O. The number of alkyl halides is 1. The summed E-state index contributed by atoms with van der Waals surface area (Å²) in [6.45, 7) is 2.07. The lowest BCUT2D eigenvalue weighted by Gasteiger charge is -2.01. The monoisotopic (exact) mass is 168 g/mol. The Hall–Kier alpha value is 0.350. The molecular formula is C5H10ClO2P. The van der Waals surface area contributed by atoms with Gasteiger partial charge in [-0.3, -0.25) is 4.52 Å². The number of hydrogen-bond acceptors (Lipinski definition) is 2. The zero-order chi connectivity index (χ0) is 7.11. The molecule has 0 rings (SSSR count). The van der Waals surface area contributed by atoms with Gasteiger partial charge in [0.15, 0.2) is 0 Å². The molecule has 4 heteroatoms. The Labute approximate surface area is 61.8 Å². The van der Waals surface area contributed by atoms with E-state index < -0.39 is 0 Å². The van der Waals surface area contributed by atoms with Crippen LogP contribution in [0.5, 0.6) is 0 Å². The van der Waals surface area contributed by atoms with Gasteiger partial charge in [0.05, 0.1) is 0 Å². The van der Waals surface area contributed by atoms with Gasteiger partial charge < -0.3 is 0 Å². The summed E-state index contributed by atoms with van der Waals surface area (Å²) in [5.41, 5.74) is -0.385. The molecule has 54 valence electrons. The first kappa shape index (κ1) is 9.35. The minimum Gasteiger partial charge on any atom is -0.275 e. The van der Waals surface area contributed by atoms with Crippen LogP contribution in [-0.4, -0.2) is 5.56 Å². The molecule has 9 heavy (non-hydrogen) atoms. The van der Waals surface area contributed by atoms with Crippen molar-refractivity contribution < 1.29 is 9.09 Å². The zero-order valence-corrected chi connectivity index (χ0v) is 6.99. The van der Waals surface area contributed by atoms with Gasteiger partial charge in [-0.2, -0.15) is 0 Å². The Kier molecular flexibility index (Phi) is 6.72. The average molecular weight is 169 g/mol. The summed E-state index contributed by atoms with van der Waals surface area (Å²) in [7, 11) is -0.327. The molecule has 1 atom stereocenters. The third-order valence-electron chi connectivity index (χ3n) is 0.942. The van der Waals surface area contributed by atoms with Crippen LogP contribution in [0.2, 0.25) is 0 Å². The van der Waals surface area contributed by atoms with E-state index in [2.05, 4.69) is 11.4 Å². The molecule has 0 aromatic heterocycles. The largest absolute Gasteiger partial charge is 0.328 e. The molecule has 0 saturated heterocycles. The smallest absolute Gasteiger partial charge is 0.275 e. The van der Waals surface area contributed by atoms with Gasteiger partial charge in [-0.05, 0) is 12.8 Å². The van der Waals surface area contributed by atoms with E-state index in [-0.39, 0.29) is 14.3 Å². The van der Waals surface area contributed by atoms with Gasteiger partial charge in [-0.1, -0.05) is 24.9 Å². The normalized spacial score (nSPS) is 14.0. The third-order valence-corrected chi connectivity index (χ3v) is 1.71. The van der Waals surface area contributed by atoms with Crippen molar-refractivity contribution in [3.05, 3.63) is 0 Å². The number of rotatable bonds is 5. The average Bonchev–Trinajstić information content (AvgIpc) is 1.85. The highest BCUT2D eigenvalue weighted by atomic mass is 35.5. The molecule has 0 radical (unpaired) electrons. The quantitative estimate of drug-likeness (QED) is 0.466. The summed E-state index contributed by atoms with van der Waals surface area (Å²) in [6, 6.07) is 0. The third kappa shape index (κ3) is 6.23. The molecule has 0 fully saturated rings. The summed E-state index contributed by atoms with van der Waals surface area (Å²) in [4.78, 5) is 0. The van der Waals surface area contributed by atoms with Crippen molar-refractivity contribution in [2.24, 2.45) is 0 Å². The second-order valence-corrected chi connectivity index (χ2v) is 2.58. The Morgan fingerprint density at radius 2 is 2.44 bits per heavy atom. The van der Waals surface area contributed by atoms with Crippen LogP contribution in [0.4, 0.5) is 0 Å². The predicted octanol–water partition coefficient (Wildman–Crippen LogP) is 2.96. The van der Waals surface area contributed by atoms with Crippen molar-refractivity contribution in [1.29, 1.82) is 0 Å². The van der Waals surface area contributed by atoms with Crippen molar-refractivity contribution in [2.75, 3.05) is 0 Å². The van der Waals surface area contributed by atoms with Gasteiger partial charge in [-0.25, -0.2) is 4.57 Å². The van der Waals surface area contributed by atoms with Gasteiger partial charge in [0.2, 0.25) is 0 Å².